The summed E-state index contributed by atoms with van der Waals surface area (Å²) in [6, 6.07) is 7.73. The van der Waals surface area contributed by atoms with Gasteiger partial charge in [-0.1, -0.05) is 36.4 Å². The summed E-state index contributed by atoms with van der Waals surface area (Å²) in [5.41, 5.74) is 1.69. The Morgan fingerprint density at radius 1 is 1.47 bits per heavy atom. The first-order valence-corrected chi connectivity index (χ1v) is 4.96. The highest BCUT2D eigenvalue weighted by atomic mass is 35.5. The van der Waals surface area contributed by atoms with Gasteiger partial charge in [-0.3, -0.25) is 4.79 Å². The van der Waals surface area contributed by atoms with Gasteiger partial charge in [0.2, 0.25) is 0 Å². The van der Waals surface area contributed by atoms with Gasteiger partial charge in [-0.05, 0) is 6.07 Å². The molecule has 0 N–H and O–H groups in total. The molecular formula is C12H10ClNO. The van der Waals surface area contributed by atoms with Crippen LogP contribution in [0, 0.1) is 0 Å². The van der Waals surface area contributed by atoms with Crippen LogP contribution in [0.25, 0.3) is 10.9 Å². The molecule has 0 bridgehead atoms. The summed E-state index contributed by atoms with van der Waals surface area (Å²) in [4.78, 5) is 10.9. The number of aromatic nitrogens is 1. The second-order valence-electron chi connectivity index (χ2n) is 3.36. The number of carbonyl (C=O) groups excluding carboxylic acids is 1. The molecule has 0 atom stereocenters. The zero-order chi connectivity index (χ0) is 10.8. The summed E-state index contributed by atoms with van der Waals surface area (Å²) < 4.78 is 1.92. The van der Waals surface area contributed by atoms with Crippen molar-refractivity contribution < 1.29 is 4.79 Å². The average Bonchev–Trinajstić information content (AvgIpc) is 2.56. The monoisotopic (exact) mass is 219 g/mol. The summed E-state index contributed by atoms with van der Waals surface area (Å²) in [7, 11) is 0. The quantitative estimate of drug-likeness (QED) is 0.727. The summed E-state index contributed by atoms with van der Waals surface area (Å²) in [6.07, 6.45) is 2.65. The van der Waals surface area contributed by atoms with E-state index < -0.39 is 0 Å². The number of hydrogen-bond acceptors (Lipinski definition) is 1. The van der Waals surface area contributed by atoms with Crippen LogP contribution in [-0.2, 0) is 6.54 Å². The molecular weight excluding hydrogens is 210 g/mol. The Kier molecular flexibility index (Phi) is 2.60. The number of aldehydes is 1. The second kappa shape index (κ2) is 3.91. The van der Waals surface area contributed by atoms with Gasteiger partial charge in [-0.25, -0.2) is 0 Å². The van der Waals surface area contributed by atoms with Gasteiger partial charge in [-0.2, -0.15) is 0 Å². The van der Waals surface area contributed by atoms with E-state index in [-0.39, 0.29) is 0 Å². The molecule has 0 aliphatic heterocycles. The molecule has 0 amide bonds. The number of allylic oxidation sites excluding steroid dienone is 1. The third kappa shape index (κ3) is 1.81. The van der Waals surface area contributed by atoms with Crippen LogP contribution >= 0.6 is 11.6 Å². The van der Waals surface area contributed by atoms with Gasteiger partial charge in [0.25, 0.3) is 0 Å². The lowest BCUT2D eigenvalue weighted by Crippen LogP contribution is -1.94. The van der Waals surface area contributed by atoms with Crippen molar-refractivity contribution in [1.29, 1.82) is 0 Å². The summed E-state index contributed by atoms with van der Waals surface area (Å²) in [5.74, 6) is 0. The number of fused-ring (bicyclic) bond motifs is 1. The molecule has 1 heterocycles. The zero-order valence-electron chi connectivity index (χ0n) is 8.11. The first-order chi connectivity index (χ1) is 7.22. The zero-order valence-corrected chi connectivity index (χ0v) is 8.87. The van der Waals surface area contributed by atoms with Crippen molar-refractivity contribution in [3.05, 3.63) is 47.6 Å². The van der Waals surface area contributed by atoms with E-state index in [0.717, 1.165) is 17.2 Å². The van der Waals surface area contributed by atoms with E-state index in [4.69, 9.17) is 11.6 Å². The van der Waals surface area contributed by atoms with Gasteiger partial charge < -0.3 is 4.57 Å². The smallest absolute Gasteiger partial charge is 0.152 e. The Bertz CT molecular complexity index is 527. The lowest BCUT2D eigenvalue weighted by Gasteiger charge is -2.02. The van der Waals surface area contributed by atoms with Gasteiger partial charge in [0, 0.05) is 27.7 Å². The largest absolute Gasteiger partial charge is 0.341 e. The second-order valence-corrected chi connectivity index (χ2v) is 3.90. The fraction of sp³-hybridized carbons (Fsp3) is 0.0833. The number of benzene rings is 1. The third-order valence-corrected chi connectivity index (χ3v) is 2.41. The molecule has 76 valence electrons. The molecule has 15 heavy (non-hydrogen) atoms. The summed E-state index contributed by atoms with van der Waals surface area (Å²) in [5, 5.41) is 1.50. The van der Waals surface area contributed by atoms with Crippen molar-refractivity contribution in [2.24, 2.45) is 0 Å². The number of halogens is 1. The van der Waals surface area contributed by atoms with Crippen LogP contribution in [0.1, 0.15) is 10.4 Å². The molecule has 1 aromatic carbocycles. The van der Waals surface area contributed by atoms with E-state index in [1.165, 1.54) is 0 Å². The fourth-order valence-electron chi connectivity index (χ4n) is 1.68. The van der Waals surface area contributed by atoms with Crippen molar-refractivity contribution in [2.75, 3.05) is 0 Å². The number of hydrogen-bond donors (Lipinski definition) is 0. The molecule has 2 aromatic rings. The van der Waals surface area contributed by atoms with Gasteiger partial charge in [0.05, 0.1) is 6.54 Å². The maximum Gasteiger partial charge on any atom is 0.152 e. The molecule has 0 saturated heterocycles. The van der Waals surface area contributed by atoms with E-state index in [1.54, 1.807) is 6.20 Å². The molecule has 0 aliphatic carbocycles. The first-order valence-electron chi connectivity index (χ1n) is 4.58. The molecule has 0 unspecified atom stereocenters. The van der Waals surface area contributed by atoms with Crippen LogP contribution in [-0.4, -0.2) is 10.9 Å². The molecule has 0 aliphatic rings. The van der Waals surface area contributed by atoms with E-state index in [1.807, 2.05) is 28.8 Å². The maximum atomic E-state index is 10.9. The highest BCUT2D eigenvalue weighted by Crippen LogP contribution is 2.21. The van der Waals surface area contributed by atoms with Crippen molar-refractivity contribution in [2.45, 2.75) is 6.54 Å². The number of para-hydroxylation sites is 1. The molecule has 3 heteroatoms. The first kappa shape index (κ1) is 9.99. The maximum absolute atomic E-state index is 10.9. The van der Waals surface area contributed by atoms with E-state index >= 15 is 0 Å². The predicted octanol–water partition coefficient (Wildman–Crippen LogP) is 3.21. The third-order valence-electron chi connectivity index (χ3n) is 2.29. The minimum Gasteiger partial charge on any atom is -0.341 e. The average molecular weight is 220 g/mol. The fourth-order valence-corrected chi connectivity index (χ4v) is 1.81. The number of nitrogens with zero attached hydrogens (tertiary/aromatic N) is 1. The highest BCUT2D eigenvalue weighted by molar-refractivity contribution is 6.29. The van der Waals surface area contributed by atoms with Crippen LogP contribution in [0.4, 0.5) is 0 Å². The van der Waals surface area contributed by atoms with Crippen molar-refractivity contribution >= 4 is 28.8 Å². The van der Waals surface area contributed by atoms with Crippen LogP contribution in [0.15, 0.2) is 42.1 Å². The highest BCUT2D eigenvalue weighted by Gasteiger charge is 2.06. The SMILES string of the molecule is C=C(Cl)Cn1cc(C=O)c2ccccc21. The van der Waals surface area contributed by atoms with Gasteiger partial charge >= 0.3 is 0 Å². The summed E-state index contributed by atoms with van der Waals surface area (Å²) in [6.45, 7) is 4.17. The Balaban J connectivity index is 2.64. The Morgan fingerprint density at radius 3 is 2.87 bits per heavy atom. The van der Waals surface area contributed by atoms with Gasteiger partial charge in [-0.15, -0.1) is 0 Å². The molecule has 2 nitrogen and oxygen atoms in total. The van der Waals surface area contributed by atoms with Crippen molar-refractivity contribution in [1.82, 2.24) is 4.57 Å². The molecule has 1 aromatic heterocycles. The standard InChI is InChI=1S/C12H10ClNO/c1-9(13)6-14-7-10(8-15)11-4-2-3-5-12(11)14/h2-5,7-8H,1,6H2. The lowest BCUT2D eigenvalue weighted by molar-refractivity contribution is 0.112. The number of carbonyl (C=O) groups is 1. The topological polar surface area (TPSA) is 22.0 Å². The molecule has 0 fully saturated rings. The minimum atomic E-state index is 0.524. The Hall–Kier alpha value is -1.54. The molecule has 0 spiro atoms. The van der Waals surface area contributed by atoms with Crippen molar-refractivity contribution in [3.8, 4) is 0 Å². The van der Waals surface area contributed by atoms with Crippen LogP contribution in [0.3, 0.4) is 0 Å². The normalized spacial score (nSPS) is 10.5. The molecule has 0 radical (unpaired) electrons. The minimum absolute atomic E-state index is 0.524. The molecule has 0 saturated carbocycles. The van der Waals surface area contributed by atoms with Crippen LogP contribution < -0.4 is 0 Å². The summed E-state index contributed by atoms with van der Waals surface area (Å²) >= 11 is 5.76. The van der Waals surface area contributed by atoms with Gasteiger partial charge in [0.1, 0.15) is 0 Å². The Morgan fingerprint density at radius 2 is 2.20 bits per heavy atom. The van der Waals surface area contributed by atoms with Crippen LogP contribution in [0.5, 0.6) is 0 Å². The van der Waals surface area contributed by atoms with Gasteiger partial charge in [0.15, 0.2) is 6.29 Å². The van der Waals surface area contributed by atoms with Crippen molar-refractivity contribution in [3.63, 3.8) is 0 Å². The van der Waals surface area contributed by atoms with Crippen LogP contribution in [0.2, 0.25) is 0 Å². The predicted molar refractivity (Wildman–Crippen MR) is 62.3 cm³/mol. The number of rotatable bonds is 3. The van der Waals surface area contributed by atoms with E-state index in [0.29, 0.717) is 17.1 Å². The molecule has 2 rings (SSSR count). The van der Waals surface area contributed by atoms with E-state index in [2.05, 4.69) is 6.58 Å². The Labute approximate surface area is 92.8 Å². The lowest BCUT2D eigenvalue weighted by atomic mass is 10.2. The van der Waals surface area contributed by atoms with E-state index in [9.17, 15) is 4.79 Å².